The minimum Gasteiger partial charge on any atom is -0.458 e. The Labute approximate surface area is 107 Å². The normalized spacial score (nSPS) is 16.4. The molecule has 0 radical (unpaired) electrons. The van der Waals surface area contributed by atoms with Crippen LogP contribution in [0.15, 0.2) is 0 Å². The second kappa shape index (κ2) is 5.00. The van der Waals surface area contributed by atoms with E-state index in [1.54, 1.807) is 11.7 Å². The molecule has 18 heavy (non-hydrogen) atoms. The number of nitrogen functional groups attached to an aromatic ring is 1. The molecule has 0 amide bonds. The summed E-state index contributed by atoms with van der Waals surface area (Å²) in [5.41, 5.74) is 7.59. The van der Waals surface area contributed by atoms with Gasteiger partial charge in [-0.3, -0.25) is 4.68 Å². The van der Waals surface area contributed by atoms with Crippen LogP contribution in [0.3, 0.4) is 0 Å². The van der Waals surface area contributed by atoms with Gasteiger partial charge in [0.25, 0.3) is 0 Å². The number of esters is 1. The lowest BCUT2D eigenvalue weighted by Gasteiger charge is -2.10. The molecule has 1 saturated carbocycles. The fourth-order valence-electron chi connectivity index (χ4n) is 2.60. The summed E-state index contributed by atoms with van der Waals surface area (Å²) in [6, 6.07) is 0. The molecule has 0 saturated heterocycles. The summed E-state index contributed by atoms with van der Waals surface area (Å²) in [7, 11) is 1.80. The monoisotopic (exact) mass is 251 g/mol. The van der Waals surface area contributed by atoms with Crippen molar-refractivity contribution in [1.82, 2.24) is 9.78 Å². The molecule has 5 nitrogen and oxygen atoms in total. The minimum absolute atomic E-state index is 0.0430. The summed E-state index contributed by atoms with van der Waals surface area (Å²) in [6.45, 7) is 4.05. The quantitative estimate of drug-likeness (QED) is 0.836. The van der Waals surface area contributed by atoms with Crippen LogP contribution in [0.25, 0.3) is 0 Å². The smallest absolute Gasteiger partial charge is 0.361 e. The van der Waals surface area contributed by atoms with Gasteiger partial charge in [0.15, 0.2) is 5.69 Å². The Morgan fingerprint density at radius 1 is 1.44 bits per heavy atom. The Balaban J connectivity index is 2.17. The largest absolute Gasteiger partial charge is 0.458 e. The summed E-state index contributed by atoms with van der Waals surface area (Å²) >= 11 is 0. The first-order valence-electron chi connectivity index (χ1n) is 6.54. The van der Waals surface area contributed by atoms with Crippen molar-refractivity contribution >= 4 is 11.7 Å². The van der Waals surface area contributed by atoms with Crippen LogP contribution < -0.4 is 5.73 Å². The van der Waals surface area contributed by atoms with Gasteiger partial charge in [-0.05, 0) is 31.6 Å². The molecule has 0 aromatic carbocycles. The lowest BCUT2D eigenvalue weighted by Crippen LogP contribution is -2.16. The minimum atomic E-state index is -0.387. The van der Waals surface area contributed by atoms with Crippen molar-refractivity contribution in [1.29, 1.82) is 0 Å². The Bertz CT molecular complexity index is 445. The number of hydrogen-bond acceptors (Lipinski definition) is 4. The van der Waals surface area contributed by atoms with Crippen LogP contribution in [0.2, 0.25) is 0 Å². The highest BCUT2D eigenvalue weighted by Gasteiger charge is 2.26. The molecule has 1 aliphatic rings. The molecule has 0 unspecified atom stereocenters. The van der Waals surface area contributed by atoms with Gasteiger partial charge in [-0.2, -0.15) is 5.10 Å². The highest BCUT2D eigenvalue weighted by Crippen LogP contribution is 2.27. The number of anilines is 1. The molecule has 2 rings (SSSR count). The first-order chi connectivity index (χ1) is 8.50. The predicted octanol–water partition coefficient (Wildman–Crippen LogP) is 2.23. The van der Waals surface area contributed by atoms with E-state index >= 15 is 0 Å². The molecule has 1 fully saturated rings. The van der Waals surface area contributed by atoms with Gasteiger partial charge >= 0.3 is 5.97 Å². The van der Waals surface area contributed by atoms with Gasteiger partial charge < -0.3 is 10.5 Å². The SMILES string of the molecule is CC(C)c1c(N)c(C(=O)OC2CCCC2)nn1C. The number of aryl methyl sites for hydroxylation is 1. The molecule has 1 aromatic heterocycles. The number of nitrogens with zero attached hydrogens (tertiary/aromatic N) is 2. The van der Waals surface area contributed by atoms with Crippen LogP contribution in [0, 0.1) is 0 Å². The topological polar surface area (TPSA) is 70.1 Å². The Kier molecular flexibility index (Phi) is 3.59. The van der Waals surface area contributed by atoms with Crippen molar-refractivity contribution in [2.24, 2.45) is 7.05 Å². The zero-order valence-electron chi connectivity index (χ0n) is 11.3. The fraction of sp³-hybridized carbons (Fsp3) is 0.692. The van der Waals surface area contributed by atoms with Crippen molar-refractivity contribution in [3.8, 4) is 0 Å². The van der Waals surface area contributed by atoms with E-state index < -0.39 is 0 Å². The molecule has 1 aliphatic carbocycles. The van der Waals surface area contributed by atoms with E-state index in [0.717, 1.165) is 31.4 Å². The maximum absolute atomic E-state index is 12.0. The van der Waals surface area contributed by atoms with Crippen LogP contribution in [-0.4, -0.2) is 21.9 Å². The third kappa shape index (κ3) is 2.35. The molecule has 1 aromatic rings. The van der Waals surface area contributed by atoms with E-state index in [2.05, 4.69) is 5.10 Å². The van der Waals surface area contributed by atoms with Crippen LogP contribution >= 0.6 is 0 Å². The van der Waals surface area contributed by atoms with E-state index in [9.17, 15) is 4.79 Å². The summed E-state index contributed by atoms with van der Waals surface area (Å²) in [6.07, 6.45) is 4.21. The maximum Gasteiger partial charge on any atom is 0.361 e. The van der Waals surface area contributed by atoms with Crippen molar-refractivity contribution in [3.05, 3.63) is 11.4 Å². The van der Waals surface area contributed by atoms with Gasteiger partial charge in [-0.25, -0.2) is 4.79 Å². The van der Waals surface area contributed by atoms with E-state index in [-0.39, 0.29) is 23.7 Å². The number of carbonyl (C=O) groups excluding carboxylic acids is 1. The van der Waals surface area contributed by atoms with E-state index in [1.165, 1.54) is 0 Å². The number of hydrogen-bond donors (Lipinski definition) is 1. The molecule has 100 valence electrons. The van der Waals surface area contributed by atoms with E-state index in [4.69, 9.17) is 10.5 Å². The number of carbonyl (C=O) groups is 1. The number of aromatic nitrogens is 2. The third-order valence-corrected chi connectivity index (χ3v) is 3.45. The maximum atomic E-state index is 12.0. The van der Waals surface area contributed by atoms with Crippen LogP contribution in [0.1, 0.15) is 61.6 Å². The molecular formula is C13H21N3O2. The van der Waals surface area contributed by atoms with Crippen molar-refractivity contribution in [2.75, 3.05) is 5.73 Å². The van der Waals surface area contributed by atoms with Gasteiger partial charge in [0.2, 0.25) is 0 Å². The molecule has 1 heterocycles. The Morgan fingerprint density at radius 3 is 2.56 bits per heavy atom. The van der Waals surface area contributed by atoms with Gasteiger partial charge in [-0.1, -0.05) is 13.8 Å². The van der Waals surface area contributed by atoms with Gasteiger partial charge in [-0.15, -0.1) is 0 Å². The van der Waals surface area contributed by atoms with Crippen LogP contribution in [0.5, 0.6) is 0 Å². The molecule has 5 heteroatoms. The number of nitrogens with two attached hydrogens (primary N) is 1. The summed E-state index contributed by atoms with van der Waals surface area (Å²) in [5.74, 6) is -0.155. The second-order valence-corrected chi connectivity index (χ2v) is 5.24. The highest BCUT2D eigenvalue weighted by molar-refractivity contribution is 5.93. The molecule has 0 spiro atoms. The first kappa shape index (κ1) is 12.9. The molecule has 2 N–H and O–H groups in total. The summed E-state index contributed by atoms with van der Waals surface area (Å²) in [4.78, 5) is 12.0. The van der Waals surface area contributed by atoms with Crippen molar-refractivity contribution in [2.45, 2.75) is 51.6 Å². The molecule has 0 bridgehead atoms. The average Bonchev–Trinajstić information content (AvgIpc) is 2.86. The molecule has 0 atom stereocenters. The zero-order valence-corrected chi connectivity index (χ0v) is 11.3. The lowest BCUT2D eigenvalue weighted by molar-refractivity contribution is 0.0311. The Hall–Kier alpha value is -1.52. The predicted molar refractivity (Wildman–Crippen MR) is 69.4 cm³/mol. The lowest BCUT2D eigenvalue weighted by atomic mass is 10.1. The number of ether oxygens (including phenoxy) is 1. The Morgan fingerprint density at radius 2 is 2.06 bits per heavy atom. The summed E-state index contributed by atoms with van der Waals surface area (Å²) < 4.78 is 7.10. The van der Waals surface area contributed by atoms with E-state index in [1.807, 2.05) is 13.8 Å². The van der Waals surface area contributed by atoms with Crippen LogP contribution in [0.4, 0.5) is 5.69 Å². The highest BCUT2D eigenvalue weighted by atomic mass is 16.5. The second-order valence-electron chi connectivity index (χ2n) is 5.24. The standard InChI is InChI=1S/C13H21N3O2/c1-8(2)12-10(14)11(15-16(12)3)13(17)18-9-6-4-5-7-9/h8-9H,4-7,14H2,1-3H3. The van der Waals surface area contributed by atoms with Crippen molar-refractivity contribution < 1.29 is 9.53 Å². The van der Waals surface area contributed by atoms with Crippen LogP contribution in [-0.2, 0) is 11.8 Å². The fourth-order valence-corrected chi connectivity index (χ4v) is 2.60. The first-order valence-corrected chi connectivity index (χ1v) is 6.54. The summed E-state index contributed by atoms with van der Waals surface area (Å²) in [5, 5.41) is 4.19. The van der Waals surface area contributed by atoms with Gasteiger partial charge in [0.05, 0.1) is 11.4 Å². The third-order valence-electron chi connectivity index (χ3n) is 3.45. The molecule has 0 aliphatic heterocycles. The molecular weight excluding hydrogens is 230 g/mol. The van der Waals surface area contributed by atoms with Gasteiger partial charge in [0.1, 0.15) is 6.10 Å². The average molecular weight is 251 g/mol. The van der Waals surface area contributed by atoms with Gasteiger partial charge in [0, 0.05) is 7.05 Å². The zero-order chi connectivity index (χ0) is 13.3. The number of rotatable bonds is 3. The van der Waals surface area contributed by atoms with Crippen molar-refractivity contribution in [3.63, 3.8) is 0 Å². The van der Waals surface area contributed by atoms with E-state index in [0.29, 0.717) is 5.69 Å².